The van der Waals surface area contributed by atoms with Crippen molar-refractivity contribution in [2.75, 3.05) is 17.2 Å². The average Bonchev–Trinajstić information content (AvgIpc) is 2.83. The lowest BCUT2D eigenvalue weighted by Gasteiger charge is -2.04. The third kappa shape index (κ3) is 2.77. The zero-order chi connectivity index (χ0) is 12.1. The van der Waals surface area contributed by atoms with Gasteiger partial charge in [-0.3, -0.25) is 9.78 Å². The number of carbonyl (C=O) groups is 1. The smallest absolute Gasteiger partial charge is 0.276 e. The fourth-order valence-corrected chi connectivity index (χ4v) is 1.20. The van der Waals surface area contributed by atoms with Gasteiger partial charge in [-0.2, -0.15) is 0 Å². The predicted octanol–water partition coefficient (Wildman–Crippen LogP) is 1.15. The Bertz CT molecular complexity index is 497. The second-order valence-electron chi connectivity index (χ2n) is 3.19. The van der Waals surface area contributed by atoms with Crippen molar-refractivity contribution >= 4 is 17.4 Å². The Morgan fingerprint density at radius 1 is 1.41 bits per heavy atom. The second kappa shape index (κ2) is 5.06. The molecule has 17 heavy (non-hydrogen) atoms. The van der Waals surface area contributed by atoms with Gasteiger partial charge in [0.25, 0.3) is 5.91 Å². The molecular formula is C10H11N5O2. The molecule has 0 saturated carbocycles. The van der Waals surface area contributed by atoms with Gasteiger partial charge >= 0.3 is 0 Å². The van der Waals surface area contributed by atoms with Crippen LogP contribution in [0.5, 0.6) is 0 Å². The van der Waals surface area contributed by atoms with Gasteiger partial charge in [0.2, 0.25) is 0 Å². The highest BCUT2D eigenvalue weighted by Gasteiger charge is 2.09. The first kappa shape index (κ1) is 11.1. The summed E-state index contributed by atoms with van der Waals surface area (Å²) in [7, 11) is 0. The summed E-state index contributed by atoms with van der Waals surface area (Å²) in [5.41, 5.74) is 0.704. The molecule has 0 saturated heterocycles. The molecule has 2 aromatic rings. The molecule has 7 heteroatoms. The lowest BCUT2D eigenvalue weighted by atomic mass is 10.4. The Labute approximate surface area is 97.2 Å². The van der Waals surface area contributed by atoms with Crippen molar-refractivity contribution in [2.45, 2.75) is 6.92 Å². The normalized spacial score (nSPS) is 9.94. The number of aromatic nitrogens is 3. The summed E-state index contributed by atoms with van der Waals surface area (Å²) >= 11 is 0. The molecule has 1 amide bonds. The molecule has 2 aromatic heterocycles. The highest BCUT2D eigenvalue weighted by Crippen LogP contribution is 2.07. The van der Waals surface area contributed by atoms with Gasteiger partial charge in [0.1, 0.15) is 23.5 Å². The molecule has 0 atom stereocenters. The molecule has 0 aliphatic rings. The van der Waals surface area contributed by atoms with Crippen LogP contribution in [0.2, 0.25) is 0 Å². The Balaban J connectivity index is 2.11. The molecule has 0 unspecified atom stereocenters. The van der Waals surface area contributed by atoms with Gasteiger partial charge in [0, 0.05) is 6.54 Å². The molecule has 7 nitrogen and oxygen atoms in total. The van der Waals surface area contributed by atoms with Crippen molar-refractivity contribution in [1.82, 2.24) is 15.1 Å². The summed E-state index contributed by atoms with van der Waals surface area (Å²) in [4.78, 5) is 19.8. The van der Waals surface area contributed by atoms with Crippen LogP contribution in [0.3, 0.4) is 0 Å². The third-order valence-corrected chi connectivity index (χ3v) is 1.92. The molecule has 0 bridgehead atoms. The molecule has 0 aliphatic carbocycles. The maximum Gasteiger partial charge on any atom is 0.276 e. The van der Waals surface area contributed by atoms with E-state index in [-0.39, 0.29) is 11.6 Å². The first-order valence-corrected chi connectivity index (χ1v) is 5.06. The monoisotopic (exact) mass is 233 g/mol. The van der Waals surface area contributed by atoms with Crippen molar-refractivity contribution in [1.29, 1.82) is 0 Å². The van der Waals surface area contributed by atoms with Crippen LogP contribution in [0, 0.1) is 0 Å². The summed E-state index contributed by atoms with van der Waals surface area (Å²) in [6, 6.07) is 0. The zero-order valence-electron chi connectivity index (χ0n) is 9.17. The maximum absolute atomic E-state index is 11.8. The van der Waals surface area contributed by atoms with E-state index in [1.54, 1.807) is 6.20 Å². The summed E-state index contributed by atoms with van der Waals surface area (Å²) in [5.74, 6) is 0.200. The molecule has 0 spiro atoms. The summed E-state index contributed by atoms with van der Waals surface area (Å²) in [6.45, 7) is 2.65. The quantitative estimate of drug-likeness (QED) is 0.822. The van der Waals surface area contributed by atoms with Crippen LogP contribution >= 0.6 is 0 Å². The molecule has 0 radical (unpaired) electrons. The lowest BCUT2D eigenvalue weighted by Crippen LogP contribution is -2.14. The maximum atomic E-state index is 11.8. The fraction of sp³-hybridized carbons (Fsp3) is 0.200. The van der Waals surface area contributed by atoms with Gasteiger partial charge in [-0.1, -0.05) is 5.16 Å². The Hall–Kier alpha value is -2.44. The van der Waals surface area contributed by atoms with E-state index in [0.717, 1.165) is 0 Å². The van der Waals surface area contributed by atoms with Crippen molar-refractivity contribution < 1.29 is 9.32 Å². The van der Waals surface area contributed by atoms with Crippen LogP contribution < -0.4 is 10.6 Å². The molecule has 88 valence electrons. The molecule has 0 fully saturated rings. The van der Waals surface area contributed by atoms with Gasteiger partial charge in [-0.25, -0.2) is 4.98 Å². The van der Waals surface area contributed by atoms with Crippen LogP contribution in [-0.2, 0) is 0 Å². The van der Waals surface area contributed by atoms with Crippen molar-refractivity contribution in [3.05, 3.63) is 30.5 Å². The number of anilines is 2. The van der Waals surface area contributed by atoms with Crippen LogP contribution in [0.15, 0.2) is 29.4 Å². The number of hydrogen-bond acceptors (Lipinski definition) is 6. The average molecular weight is 233 g/mol. The third-order valence-electron chi connectivity index (χ3n) is 1.92. The van der Waals surface area contributed by atoms with E-state index in [4.69, 9.17) is 0 Å². The van der Waals surface area contributed by atoms with Gasteiger partial charge in [-0.15, -0.1) is 0 Å². The van der Waals surface area contributed by atoms with Crippen molar-refractivity contribution in [2.24, 2.45) is 0 Å². The number of nitrogens with one attached hydrogen (secondary N) is 2. The Morgan fingerprint density at radius 2 is 2.29 bits per heavy atom. The first-order valence-electron chi connectivity index (χ1n) is 5.06. The minimum Gasteiger partial charge on any atom is -0.369 e. The second-order valence-corrected chi connectivity index (χ2v) is 3.19. The standard InChI is InChI=1S/C10H11N5O2/c1-2-12-9-5-11-4-8(15-9)10(16)14-7-3-13-17-6-7/h3-6H,2H2,1H3,(H,12,15)(H,14,16). The van der Waals surface area contributed by atoms with Crippen molar-refractivity contribution in [3.63, 3.8) is 0 Å². The molecule has 2 N–H and O–H groups in total. The van der Waals surface area contributed by atoms with E-state index in [1.807, 2.05) is 6.92 Å². The molecule has 0 aliphatic heterocycles. The van der Waals surface area contributed by atoms with E-state index in [0.29, 0.717) is 18.1 Å². The minimum atomic E-state index is -0.361. The first-order chi connectivity index (χ1) is 8.29. The van der Waals surface area contributed by atoms with E-state index in [9.17, 15) is 4.79 Å². The molecular weight excluding hydrogens is 222 g/mol. The number of carbonyl (C=O) groups excluding carboxylic acids is 1. The zero-order valence-corrected chi connectivity index (χ0v) is 9.17. The van der Waals surface area contributed by atoms with Crippen LogP contribution in [0.25, 0.3) is 0 Å². The van der Waals surface area contributed by atoms with Crippen molar-refractivity contribution in [3.8, 4) is 0 Å². The largest absolute Gasteiger partial charge is 0.369 e. The highest BCUT2D eigenvalue weighted by molar-refractivity contribution is 6.02. The molecule has 0 aromatic carbocycles. The van der Waals surface area contributed by atoms with Gasteiger partial charge < -0.3 is 15.2 Å². The predicted molar refractivity (Wildman–Crippen MR) is 60.7 cm³/mol. The SMILES string of the molecule is CCNc1cncc(C(=O)Nc2cnoc2)n1. The van der Waals surface area contributed by atoms with Gasteiger partial charge in [-0.05, 0) is 6.92 Å². The fourth-order valence-electron chi connectivity index (χ4n) is 1.20. The topological polar surface area (TPSA) is 92.9 Å². The van der Waals surface area contributed by atoms with Crippen LogP contribution in [0.4, 0.5) is 11.5 Å². The molecule has 2 heterocycles. The minimum absolute atomic E-state index is 0.227. The highest BCUT2D eigenvalue weighted by atomic mass is 16.5. The summed E-state index contributed by atoms with van der Waals surface area (Å²) < 4.78 is 4.60. The summed E-state index contributed by atoms with van der Waals surface area (Å²) in [5, 5.41) is 9.04. The lowest BCUT2D eigenvalue weighted by molar-refractivity contribution is 0.102. The van der Waals surface area contributed by atoms with Crippen LogP contribution in [-0.4, -0.2) is 27.6 Å². The number of hydrogen-bond donors (Lipinski definition) is 2. The Kier molecular flexibility index (Phi) is 3.29. The van der Waals surface area contributed by atoms with E-state index >= 15 is 0 Å². The van der Waals surface area contributed by atoms with Gasteiger partial charge in [0.05, 0.1) is 18.6 Å². The number of amides is 1. The summed E-state index contributed by atoms with van der Waals surface area (Å²) in [6.07, 6.45) is 5.68. The number of rotatable bonds is 4. The number of nitrogens with zero attached hydrogens (tertiary/aromatic N) is 3. The van der Waals surface area contributed by atoms with Crippen LogP contribution in [0.1, 0.15) is 17.4 Å². The van der Waals surface area contributed by atoms with E-state index in [1.165, 1.54) is 18.7 Å². The Morgan fingerprint density at radius 3 is 3.00 bits per heavy atom. The van der Waals surface area contributed by atoms with Gasteiger partial charge in [0.15, 0.2) is 0 Å². The van der Waals surface area contributed by atoms with E-state index < -0.39 is 0 Å². The molecule has 2 rings (SSSR count). The van der Waals surface area contributed by atoms with E-state index in [2.05, 4.69) is 30.3 Å².